The molecule has 0 N–H and O–H groups in total. The molecule has 0 heterocycles. The minimum absolute atomic E-state index is 0.265. The molecule has 0 saturated carbocycles. The molecule has 0 aliphatic carbocycles. The van der Waals surface area contributed by atoms with Gasteiger partial charge in [-0.3, -0.25) is 0 Å². The summed E-state index contributed by atoms with van der Waals surface area (Å²) in [4.78, 5) is 0. The zero-order valence-electron chi connectivity index (χ0n) is 11.7. The van der Waals surface area contributed by atoms with Crippen LogP contribution in [0.1, 0.15) is 16.7 Å². The summed E-state index contributed by atoms with van der Waals surface area (Å²) in [6.45, 7) is 3.70. The molecule has 0 spiro atoms. The van der Waals surface area contributed by atoms with Gasteiger partial charge in [-0.15, -0.1) is 0 Å². The van der Waals surface area contributed by atoms with E-state index in [1.165, 1.54) is 0 Å². The molecule has 3 aromatic carbocycles. The van der Waals surface area contributed by atoms with Gasteiger partial charge in [-0.25, -0.2) is 8.78 Å². The zero-order valence-corrected chi connectivity index (χ0v) is 11.7. The fraction of sp³-hybridized carbons (Fsp3) is 0. The first-order chi connectivity index (χ1) is 10.7. The monoisotopic (exact) mass is 290 g/mol. The molecule has 0 nitrogen and oxygen atoms in total. The lowest BCUT2D eigenvalue weighted by Gasteiger charge is -2.01. The van der Waals surface area contributed by atoms with Gasteiger partial charge >= 0.3 is 0 Å². The lowest BCUT2D eigenvalue weighted by atomic mass is 10.1. The maximum atomic E-state index is 13.6. The largest absolute Gasteiger partial charge is 0.204 e. The van der Waals surface area contributed by atoms with Crippen molar-refractivity contribution >= 4 is 16.8 Å². The van der Waals surface area contributed by atoms with E-state index in [0.717, 1.165) is 22.8 Å². The van der Waals surface area contributed by atoms with E-state index in [-0.39, 0.29) is 5.39 Å². The summed E-state index contributed by atoms with van der Waals surface area (Å²) in [7, 11) is 0. The predicted octanol–water partition coefficient (Wildman–Crippen LogP) is 5.16. The SMILES string of the molecule is C=Cc1ccc(C#Cc2ccc3c(F)c(F)ccc3c2)cc1. The van der Waals surface area contributed by atoms with Crippen LogP contribution in [0.25, 0.3) is 16.8 Å². The Balaban J connectivity index is 1.96. The molecule has 0 radical (unpaired) electrons. The predicted molar refractivity (Wildman–Crippen MR) is 86.4 cm³/mol. The van der Waals surface area contributed by atoms with Crippen molar-refractivity contribution in [1.82, 2.24) is 0 Å². The molecule has 0 fully saturated rings. The minimum Gasteiger partial charge on any atom is -0.204 e. The van der Waals surface area contributed by atoms with Crippen LogP contribution >= 0.6 is 0 Å². The first-order valence-corrected chi connectivity index (χ1v) is 6.79. The van der Waals surface area contributed by atoms with Crippen molar-refractivity contribution in [3.05, 3.63) is 89.5 Å². The number of rotatable bonds is 1. The number of hydrogen-bond acceptors (Lipinski definition) is 0. The molecule has 0 bridgehead atoms. The van der Waals surface area contributed by atoms with Gasteiger partial charge in [0.2, 0.25) is 0 Å². The van der Waals surface area contributed by atoms with Crippen LogP contribution in [0.2, 0.25) is 0 Å². The molecule has 106 valence electrons. The Morgan fingerprint density at radius 1 is 0.818 bits per heavy atom. The van der Waals surface area contributed by atoms with E-state index in [0.29, 0.717) is 5.39 Å². The maximum absolute atomic E-state index is 13.6. The smallest absolute Gasteiger partial charge is 0.166 e. The van der Waals surface area contributed by atoms with Crippen molar-refractivity contribution in [3.8, 4) is 11.8 Å². The molecule has 3 aromatic rings. The summed E-state index contributed by atoms with van der Waals surface area (Å²) in [5.74, 6) is 4.42. The minimum atomic E-state index is -0.839. The van der Waals surface area contributed by atoms with Crippen LogP contribution in [0.5, 0.6) is 0 Å². The topological polar surface area (TPSA) is 0 Å². The fourth-order valence-electron chi connectivity index (χ4n) is 2.19. The molecular formula is C20H12F2. The average Bonchev–Trinajstić information content (AvgIpc) is 2.57. The number of hydrogen-bond donors (Lipinski definition) is 0. The van der Waals surface area contributed by atoms with Crippen LogP contribution in [-0.4, -0.2) is 0 Å². The van der Waals surface area contributed by atoms with Crippen LogP contribution in [0.15, 0.2) is 61.2 Å². The molecule has 22 heavy (non-hydrogen) atoms. The lowest BCUT2D eigenvalue weighted by Crippen LogP contribution is -1.86. The summed E-state index contributed by atoms with van der Waals surface area (Å²) < 4.78 is 26.8. The highest BCUT2D eigenvalue weighted by molar-refractivity contribution is 5.84. The van der Waals surface area contributed by atoms with Gasteiger partial charge in [0.05, 0.1) is 0 Å². The standard InChI is InChI=1S/C20H12F2/c1-2-14-3-5-15(6-4-14)7-8-16-9-11-18-17(13-16)10-12-19(21)20(18)22/h2-6,9-13H,1H2. The van der Waals surface area contributed by atoms with Gasteiger partial charge in [-0.2, -0.15) is 0 Å². The molecule has 0 aromatic heterocycles. The Bertz CT molecular complexity index is 910. The second-order valence-corrected chi connectivity index (χ2v) is 4.87. The van der Waals surface area contributed by atoms with E-state index in [2.05, 4.69) is 18.4 Å². The van der Waals surface area contributed by atoms with Crippen LogP contribution in [0.4, 0.5) is 8.78 Å². The van der Waals surface area contributed by atoms with E-state index >= 15 is 0 Å². The van der Waals surface area contributed by atoms with Gasteiger partial charge in [-0.1, -0.05) is 48.8 Å². The van der Waals surface area contributed by atoms with E-state index in [1.54, 1.807) is 30.3 Å². The van der Waals surface area contributed by atoms with Crippen molar-refractivity contribution in [1.29, 1.82) is 0 Å². The molecule has 0 aliphatic rings. The molecule has 0 amide bonds. The summed E-state index contributed by atoms with van der Waals surface area (Å²) in [5, 5.41) is 0.897. The fourth-order valence-corrected chi connectivity index (χ4v) is 2.19. The summed E-state index contributed by atoms with van der Waals surface area (Å²) in [6, 6.07) is 15.4. The summed E-state index contributed by atoms with van der Waals surface area (Å²) >= 11 is 0. The third kappa shape index (κ3) is 2.75. The average molecular weight is 290 g/mol. The Morgan fingerprint density at radius 2 is 1.50 bits per heavy atom. The van der Waals surface area contributed by atoms with E-state index in [1.807, 2.05) is 24.3 Å². The molecule has 0 atom stereocenters. The molecular weight excluding hydrogens is 278 g/mol. The number of benzene rings is 3. The maximum Gasteiger partial charge on any atom is 0.166 e. The number of halogens is 2. The first-order valence-electron chi connectivity index (χ1n) is 6.79. The van der Waals surface area contributed by atoms with Crippen LogP contribution in [0.3, 0.4) is 0 Å². The third-order valence-corrected chi connectivity index (χ3v) is 3.40. The van der Waals surface area contributed by atoms with Gasteiger partial charge in [0, 0.05) is 16.5 Å². The molecule has 0 unspecified atom stereocenters. The Labute approximate surface area is 127 Å². The highest BCUT2D eigenvalue weighted by atomic mass is 19.2. The van der Waals surface area contributed by atoms with Crippen LogP contribution in [0, 0.1) is 23.5 Å². The first kappa shape index (κ1) is 14.0. The van der Waals surface area contributed by atoms with E-state index in [9.17, 15) is 8.78 Å². The van der Waals surface area contributed by atoms with Crippen molar-refractivity contribution < 1.29 is 8.78 Å². The van der Waals surface area contributed by atoms with Crippen molar-refractivity contribution in [2.24, 2.45) is 0 Å². The van der Waals surface area contributed by atoms with Crippen molar-refractivity contribution in [3.63, 3.8) is 0 Å². The Morgan fingerprint density at radius 3 is 2.23 bits per heavy atom. The van der Waals surface area contributed by atoms with Crippen LogP contribution in [-0.2, 0) is 0 Å². The van der Waals surface area contributed by atoms with Crippen molar-refractivity contribution in [2.45, 2.75) is 0 Å². The summed E-state index contributed by atoms with van der Waals surface area (Å²) in [5.41, 5.74) is 2.68. The number of fused-ring (bicyclic) bond motifs is 1. The second kappa shape index (κ2) is 5.83. The quantitative estimate of drug-likeness (QED) is 0.543. The van der Waals surface area contributed by atoms with Gasteiger partial charge in [-0.05, 0) is 41.3 Å². The van der Waals surface area contributed by atoms with Crippen LogP contribution < -0.4 is 0 Å². The van der Waals surface area contributed by atoms with Gasteiger partial charge in [0.1, 0.15) is 0 Å². The van der Waals surface area contributed by atoms with E-state index < -0.39 is 11.6 Å². The Kier molecular flexibility index (Phi) is 3.72. The molecule has 3 rings (SSSR count). The van der Waals surface area contributed by atoms with Gasteiger partial charge in [0.15, 0.2) is 11.6 Å². The Hall–Kier alpha value is -2.92. The van der Waals surface area contributed by atoms with Gasteiger partial charge < -0.3 is 0 Å². The third-order valence-electron chi connectivity index (χ3n) is 3.40. The molecule has 2 heteroatoms. The van der Waals surface area contributed by atoms with Crippen molar-refractivity contribution in [2.75, 3.05) is 0 Å². The van der Waals surface area contributed by atoms with Gasteiger partial charge in [0.25, 0.3) is 0 Å². The van der Waals surface area contributed by atoms with E-state index in [4.69, 9.17) is 0 Å². The molecule has 0 aliphatic heterocycles. The second-order valence-electron chi connectivity index (χ2n) is 4.87. The lowest BCUT2D eigenvalue weighted by molar-refractivity contribution is 0.517. The summed E-state index contributed by atoms with van der Waals surface area (Å²) in [6.07, 6.45) is 1.77. The molecule has 0 saturated heterocycles. The highest BCUT2D eigenvalue weighted by Crippen LogP contribution is 2.21. The highest BCUT2D eigenvalue weighted by Gasteiger charge is 2.06. The normalized spacial score (nSPS) is 10.1. The zero-order chi connectivity index (χ0) is 15.5.